The number of aromatic nitrogens is 2. The van der Waals surface area contributed by atoms with Crippen LogP contribution >= 0.6 is 15.9 Å². The normalized spacial score (nSPS) is 12.1. The lowest BCUT2D eigenvalue weighted by atomic mass is 10.1. The zero-order valence-electron chi connectivity index (χ0n) is 9.13. The highest BCUT2D eigenvalue weighted by atomic mass is 79.9. The summed E-state index contributed by atoms with van der Waals surface area (Å²) in [7, 11) is 0. The molecule has 0 fully saturated rings. The minimum Gasteiger partial charge on any atom is -0.389 e. The zero-order chi connectivity index (χ0) is 12.4. The second-order valence-corrected chi connectivity index (χ2v) is 4.58. The SMILES string of the molecule is C[C@H](O)c1ccc(C#N)cc1-n1cc(Br)cn1. The van der Waals surface area contributed by atoms with E-state index in [-0.39, 0.29) is 0 Å². The van der Waals surface area contributed by atoms with Crippen molar-refractivity contribution in [1.82, 2.24) is 9.78 Å². The van der Waals surface area contributed by atoms with Crippen LogP contribution in [0.4, 0.5) is 0 Å². The van der Waals surface area contributed by atoms with Crippen LogP contribution in [0.15, 0.2) is 35.1 Å². The van der Waals surface area contributed by atoms with Gasteiger partial charge in [-0.1, -0.05) is 6.07 Å². The minimum atomic E-state index is -0.610. The van der Waals surface area contributed by atoms with Crippen LogP contribution in [-0.4, -0.2) is 14.9 Å². The predicted molar refractivity (Wildman–Crippen MR) is 66.6 cm³/mol. The van der Waals surface area contributed by atoms with Gasteiger partial charge < -0.3 is 5.11 Å². The fraction of sp³-hybridized carbons (Fsp3) is 0.167. The molecule has 2 rings (SSSR count). The van der Waals surface area contributed by atoms with Gasteiger partial charge in [0.15, 0.2) is 0 Å². The Balaban J connectivity index is 2.61. The first-order chi connectivity index (χ1) is 8.11. The first kappa shape index (κ1) is 11.8. The van der Waals surface area contributed by atoms with E-state index in [0.717, 1.165) is 10.0 Å². The summed E-state index contributed by atoms with van der Waals surface area (Å²) in [6, 6.07) is 7.21. The van der Waals surface area contributed by atoms with Gasteiger partial charge in [-0.3, -0.25) is 0 Å². The van der Waals surface area contributed by atoms with E-state index in [2.05, 4.69) is 27.1 Å². The average Bonchev–Trinajstić information content (AvgIpc) is 2.75. The Kier molecular flexibility index (Phi) is 3.27. The highest BCUT2D eigenvalue weighted by Crippen LogP contribution is 2.23. The largest absolute Gasteiger partial charge is 0.389 e. The van der Waals surface area contributed by atoms with Crippen LogP contribution in [0.3, 0.4) is 0 Å². The molecule has 1 aromatic heterocycles. The molecule has 0 bridgehead atoms. The Bertz CT molecular complexity index is 584. The first-order valence-corrected chi connectivity index (χ1v) is 5.84. The molecule has 4 nitrogen and oxygen atoms in total. The number of aliphatic hydroxyl groups is 1. The summed E-state index contributed by atoms with van der Waals surface area (Å²) < 4.78 is 2.48. The number of halogens is 1. The molecule has 0 saturated carbocycles. The van der Waals surface area contributed by atoms with Crippen LogP contribution < -0.4 is 0 Å². The van der Waals surface area contributed by atoms with Crippen molar-refractivity contribution in [2.75, 3.05) is 0 Å². The molecule has 86 valence electrons. The fourth-order valence-corrected chi connectivity index (χ4v) is 1.88. The monoisotopic (exact) mass is 291 g/mol. The number of nitrogens with zero attached hydrogens (tertiary/aromatic N) is 3. The van der Waals surface area contributed by atoms with Crippen LogP contribution in [-0.2, 0) is 0 Å². The summed E-state index contributed by atoms with van der Waals surface area (Å²) in [5.74, 6) is 0. The van der Waals surface area contributed by atoms with Crippen molar-refractivity contribution in [2.45, 2.75) is 13.0 Å². The van der Waals surface area contributed by atoms with Crippen molar-refractivity contribution in [1.29, 1.82) is 5.26 Å². The Morgan fingerprint density at radius 2 is 2.29 bits per heavy atom. The summed E-state index contributed by atoms with van der Waals surface area (Å²) in [5.41, 5.74) is 1.99. The lowest BCUT2D eigenvalue weighted by Gasteiger charge is -2.12. The van der Waals surface area contributed by atoms with Crippen molar-refractivity contribution < 1.29 is 5.11 Å². The Morgan fingerprint density at radius 1 is 1.53 bits per heavy atom. The van der Waals surface area contributed by atoms with Gasteiger partial charge in [0.1, 0.15) is 0 Å². The molecule has 0 radical (unpaired) electrons. The highest BCUT2D eigenvalue weighted by molar-refractivity contribution is 9.10. The van der Waals surface area contributed by atoms with Gasteiger partial charge in [0, 0.05) is 11.8 Å². The van der Waals surface area contributed by atoms with Crippen molar-refractivity contribution in [3.8, 4) is 11.8 Å². The number of aliphatic hydroxyl groups excluding tert-OH is 1. The number of hydrogen-bond donors (Lipinski definition) is 1. The molecular formula is C12H10BrN3O. The topological polar surface area (TPSA) is 61.8 Å². The lowest BCUT2D eigenvalue weighted by Crippen LogP contribution is -2.03. The van der Waals surface area contributed by atoms with Gasteiger partial charge in [-0.05, 0) is 35.0 Å². The van der Waals surface area contributed by atoms with Crippen LogP contribution in [0.5, 0.6) is 0 Å². The maximum Gasteiger partial charge on any atom is 0.0992 e. The van der Waals surface area contributed by atoms with Crippen molar-refractivity contribution in [3.05, 3.63) is 46.2 Å². The maximum atomic E-state index is 9.70. The average molecular weight is 292 g/mol. The quantitative estimate of drug-likeness (QED) is 0.925. The molecule has 0 spiro atoms. The zero-order valence-corrected chi connectivity index (χ0v) is 10.7. The second kappa shape index (κ2) is 4.70. The van der Waals surface area contributed by atoms with Gasteiger partial charge in [-0.2, -0.15) is 10.4 Å². The highest BCUT2D eigenvalue weighted by Gasteiger charge is 2.11. The third-order valence-electron chi connectivity index (χ3n) is 2.41. The van der Waals surface area contributed by atoms with E-state index in [0.29, 0.717) is 11.3 Å². The molecule has 0 aliphatic rings. The molecule has 1 aromatic carbocycles. The molecule has 1 heterocycles. The number of rotatable bonds is 2. The van der Waals surface area contributed by atoms with E-state index in [1.54, 1.807) is 42.2 Å². The molecule has 0 saturated heterocycles. The lowest BCUT2D eigenvalue weighted by molar-refractivity contribution is 0.199. The first-order valence-electron chi connectivity index (χ1n) is 5.04. The van der Waals surface area contributed by atoms with Crippen molar-refractivity contribution >= 4 is 15.9 Å². The van der Waals surface area contributed by atoms with E-state index < -0.39 is 6.10 Å². The number of benzene rings is 1. The number of nitriles is 1. The van der Waals surface area contributed by atoms with Crippen LogP contribution in [0.2, 0.25) is 0 Å². The van der Waals surface area contributed by atoms with Gasteiger partial charge in [-0.15, -0.1) is 0 Å². The van der Waals surface area contributed by atoms with Crippen LogP contribution in [0.1, 0.15) is 24.2 Å². The van der Waals surface area contributed by atoms with Crippen LogP contribution in [0.25, 0.3) is 5.69 Å². The molecule has 1 N–H and O–H groups in total. The molecule has 0 aliphatic carbocycles. The third-order valence-corrected chi connectivity index (χ3v) is 2.82. The van der Waals surface area contributed by atoms with Crippen molar-refractivity contribution in [2.24, 2.45) is 0 Å². The minimum absolute atomic E-state index is 0.538. The molecule has 0 aliphatic heterocycles. The summed E-state index contributed by atoms with van der Waals surface area (Å²) in [4.78, 5) is 0. The Morgan fingerprint density at radius 3 is 2.82 bits per heavy atom. The van der Waals surface area contributed by atoms with Crippen molar-refractivity contribution in [3.63, 3.8) is 0 Å². The molecule has 17 heavy (non-hydrogen) atoms. The van der Waals surface area contributed by atoms with Gasteiger partial charge in [-0.25, -0.2) is 4.68 Å². The molecule has 2 aromatic rings. The van der Waals surface area contributed by atoms with E-state index in [9.17, 15) is 5.11 Å². The van der Waals surface area contributed by atoms with E-state index in [1.807, 2.05) is 0 Å². The van der Waals surface area contributed by atoms with Gasteiger partial charge >= 0.3 is 0 Å². The Hall–Kier alpha value is -1.64. The number of hydrogen-bond acceptors (Lipinski definition) is 3. The smallest absolute Gasteiger partial charge is 0.0992 e. The van der Waals surface area contributed by atoms with E-state index in [1.165, 1.54) is 0 Å². The molecular weight excluding hydrogens is 282 g/mol. The van der Waals surface area contributed by atoms with E-state index in [4.69, 9.17) is 5.26 Å². The van der Waals surface area contributed by atoms with E-state index >= 15 is 0 Å². The summed E-state index contributed by atoms with van der Waals surface area (Å²) >= 11 is 3.32. The van der Waals surface area contributed by atoms with Gasteiger partial charge in [0.05, 0.1) is 34.1 Å². The molecule has 1 atom stereocenters. The molecule has 0 amide bonds. The second-order valence-electron chi connectivity index (χ2n) is 3.66. The summed E-state index contributed by atoms with van der Waals surface area (Å²) in [6.45, 7) is 1.68. The summed E-state index contributed by atoms with van der Waals surface area (Å²) in [5, 5.41) is 22.7. The fourth-order valence-electron chi connectivity index (χ4n) is 1.60. The standard InChI is InChI=1S/C12H10BrN3O/c1-8(17)11-3-2-9(5-14)4-12(11)16-7-10(13)6-15-16/h2-4,6-8,17H,1H3/t8-/m0/s1. The summed E-state index contributed by atoms with van der Waals surface area (Å²) in [6.07, 6.45) is 2.83. The molecule has 5 heteroatoms. The third kappa shape index (κ3) is 2.38. The predicted octanol–water partition coefficient (Wildman–Crippen LogP) is 2.56. The van der Waals surface area contributed by atoms with Gasteiger partial charge in [0.2, 0.25) is 0 Å². The maximum absolute atomic E-state index is 9.70. The molecule has 0 unspecified atom stereocenters. The van der Waals surface area contributed by atoms with Gasteiger partial charge in [0.25, 0.3) is 0 Å². The van der Waals surface area contributed by atoms with Crippen LogP contribution in [0, 0.1) is 11.3 Å². The Labute approximate surface area is 107 Å².